The number of rotatable bonds is 5. The lowest BCUT2D eigenvalue weighted by molar-refractivity contribution is 0.140. The van der Waals surface area contributed by atoms with Crippen molar-refractivity contribution in [2.75, 3.05) is 13.2 Å². The van der Waals surface area contributed by atoms with Crippen LogP contribution in [0, 0.1) is 6.92 Å². The van der Waals surface area contributed by atoms with E-state index in [4.69, 9.17) is 4.74 Å². The molecule has 0 aromatic carbocycles. The van der Waals surface area contributed by atoms with Gasteiger partial charge in [-0.25, -0.2) is 0 Å². The summed E-state index contributed by atoms with van der Waals surface area (Å²) in [6, 6.07) is 2.01. The molecule has 12 heavy (non-hydrogen) atoms. The van der Waals surface area contributed by atoms with Crippen molar-refractivity contribution in [3.05, 3.63) is 18.0 Å². The summed E-state index contributed by atoms with van der Waals surface area (Å²) in [7, 11) is 0. The smallest absolute Gasteiger partial charge is 0.0492 e. The van der Waals surface area contributed by atoms with Crippen LogP contribution < -0.4 is 0 Å². The first kappa shape index (κ1) is 9.26. The SMILES string of the molecule is CCOCCCn1nccc1C. The molecule has 0 saturated heterocycles. The fourth-order valence-electron chi connectivity index (χ4n) is 1.09. The molecule has 1 heterocycles. The van der Waals surface area contributed by atoms with Gasteiger partial charge in [0.25, 0.3) is 0 Å². The van der Waals surface area contributed by atoms with Crippen LogP contribution in [0.5, 0.6) is 0 Å². The highest BCUT2D eigenvalue weighted by Crippen LogP contribution is 1.97. The third-order valence-electron chi connectivity index (χ3n) is 1.79. The summed E-state index contributed by atoms with van der Waals surface area (Å²) in [5, 5.41) is 4.17. The topological polar surface area (TPSA) is 27.1 Å². The predicted molar refractivity (Wildman–Crippen MR) is 48.1 cm³/mol. The van der Waals surface area contributed by atoms with Gasteiger partial charge in [-0.3, -0.25) is 4.68 Å². The molecule has 3 nitrogen and oxygen atoms in total. The minimum Gasteiger partial charge on any atom is -0.382 e. The first-order valence-electron chi connectivity index (χ1n) is 4.40. The van der Waals surface area contributed by atoms with Gasteiger partial charge in [0.2, 0.25) is 0 Å². The highest BCUT2D eigenvalue weighted by Gasteiger charge is 1.95. The van der Waals surface area contributed by atoms with Crippen LogP contribution in [0.2, 0.25) is 0 Å². The van der Waals surface area contributed by atoms with E-state index < -0.39 is 0 Å². The zero-order chi connectivity index (χ0) is 8.81. The van der Waals surface area contributed by atoms with Crippen molar-refractivity contribution in [3.63, 3.8) is 0 Å². The Labute approximate surface area is 73.3 Å². The molecule has 0 amide bonds. The second-order valence-electron chi connectivity index (χ2n) is 2.75. The highest BCUT2D eigenvalue weighted by atomic mass is 16.5. The number of nitrogens with zero attached hydrogens (tertiary/aromatic N) is 2. The molecule has 0 atom stereocenters. The van der Waals surface area contributed by atoms with E-state index in [0.29, 0.717) is 0 Å². The number of aromatic nitrogens is 2. The van der Waals surface area contributed by atoms with Crippen molar-refractivity contribution in [3.8, 4) is 0 Å². The van der Waals surface area contributed by atoms with E-state index in [0.717, 1.165) is 26.2 Å². The normalized spacial score (nSPS) is 10.5. The Morgan fingerprint density at radius 2 is 2.42 bits per heavy atom. The van der Waals surface area contributed by atoms with Crippen LogP contribution in [0.15, 0.2) is 12.3 Å². The molecule has 0 aliphatic rings. The Morgan fingerprint density at radius 3 is 3.00 bits per heavy atom. The van der Waals surface area contributed by atoms with E-state index in [1.165, 1.54) is 5.69 Å². The first-order chi connectivity index (χ1) is 5.84. The van der Waals surface area contributed by atoms with Crippen LogP contribution in [0.1, 0.15) is 19.0 Å². The second kappa shape index (κ2) is 4.93. The summed E-state index contributed by atoms with van der Waals surface area (Å²) in [4.78, 5) is 0. The van der Waals surface area contributed by atoms with Gasteiger partial charge in [-0.2, -0.15) is 5.10 Å². The van der Waals surface area contributed by atoms with Gasteiger partial charge in [-0.1, -0.05) is 0 Å². The van der Waals surface area contributed by atoms with Gasteiger partial charge in [0.05, 0.1) is 0 Å². The maximum atomic E-state index is 5.23. The van der Waals surface area contributed by atoms with E-state index >= 15 is 0 Å². The molecule has 68 valence electrons. The zero-order valence-corrected chi connectivity index (χ0v) is 7.79. The van der Waals surface area contributed by atoms with Gasteiger partial charge in [-0.05, 0) is 26.3 Å². The number of hydrogen-bond acceptors (Lipinski definition) is 2. The average Bonchev–Trinajstić information content (AvgIpc) is 2.46. The minimum absolute atomic E-state index is 0.804. The monoisotopic (exact) mass is 168 g/mol. The lowest BCUT2D eigenvalue weighted by Gasteiger charge is -2.03. The van der Waals surface area contributed by atoms with Gasteiger partial charge < -0.3 is 4.74 Å². The molecule has 3 heteroatoms. The number of ether oxygens (including phenoxy) is 1. The molecule has 0 radical (unpaired) electrons. The molecule has 0 unspecified atom stereocenters. The standard InChI is InChI=1S/C9H16N2O/c1-3-12-8-4-7-11-9(2)5-6-10-11/h5-6H,3-4,7-8H2,1-2H3. The van der Waals surface area contributed by atoms with Gasteiger partial charge in [0.15, 0.2) is 0 Å². The molecule has 0 fully saturated rings. The molecule has 0 bridgehead atoms. The van der Waals surface area contributed by atoms with Crippen molar-refractivity contribution in [1.29, 1.82) is 0 Å². The van der Waals surface area contributed by atoms with E-state index in [1.54, 1.807) is 0 Å². The summed E-state index contributed by atoms with van der Waals surface area (Å²) in [6.45, 7) is 6.67. The Morgan fingerprint density at radius 1 is 1.58 bits per heavy atom. The predicted octanol–water partition coefficient (Wildman–Crippen LogP) is 1.62. The van der Waals surface area contributed by atoms with E-state index in [-0.39, 0.29) is 0 Å². The lowest BCUT2D eigenvalue weighted by Crippen LogP contribution is -2.05. The third-order valence-corrected chi connectivity index (χ3v) is 1.79. The Kier molecular flexibility index (Phi) is 3.80. The Hall–Kier alpha value is -0.830. The molecular weight excluding hydrogens is 152 g/mol. The number of aryl methyl sites for hydroxylation is 2. The molecule has 1 aromatic rings. The molecule has 1 rings (SSSR count). The lowest BCUT2D eigenvalue weighted by atomic mass is 10.4. The summed E-state index contributed by atoms with van der Waals surface area (Å²) in [5.41, 5.74) is 1.21. The van der Waals surface area contributed by atoms with E-state index in [9.17, 15) is 0 Å². The van der Waals surface area contributed by atoms with Crippen LogP contribution in [0.3, 0.4) is 0 Å². The summed E-state index contributed by atoms with van der Waals surface area (Å²) in [5.74, 6) is 0. The van der Waals surface area contributed by atoms with Crippen LogP contribution in [-0.4, -0.2) is 23.0 Å². The minimum atomic E-state index is 0.804. The van der Waals surface area contributed by atoms with Crippen molar-refractivity contribution in [2.45, 2.75) is 26.8 Å². The van der Waals surface area contributed by atoms with Crippen LogP contribution in [-0.2, 0) is 11.3 Å². The van der Waals surface area contributed by atoms with Gasteiger partial charge in [-0.15, -0.1) is 0 Å². The molecule has 0 spiro atoms. The zero-order valence-electron chi connectivity index (χ0n) is 7.79. The van der Waals surface area contributed by atoms with Crippen molar-refractivity contribution in [1.82, 2.24) is 9.78 Å². The van der Waals surface area contributed by atoms with Crippen molar-refractivity contribution in [2.24, 2.45) is 0 Å². The van der Waals surface area contributed by atoms with E-state index in [2.05, 4.69) is 12.0 Å². The van der Waals surface area contributed by atoms with Crippen LogP contribution in [0.4, 0.5) is 0 Å². The maximum Gasteiger partial charge on any atom is 0.0492 e. The molecule has 1 aromatic heterocycles. The van der Waals surface area contributed by atoms with Crippen molar-refractivity contribution < 1.29 is 4.74 Å². The Balaban J connectivity index is 2.20. The van der Waals surface area contributed by atoms with Gasteiger partial charge >= 0.3 is 0 Å². The fraction of sp³-hybridized carbons (Fsp3) is 0.667. The summed E-state index contributed by atoms with van der Waals surface area (Å²) in [6.07, 6.45) is 2.87. The average molecular weight is 168 g/mol. The van der Waals surface area contributed by atoms with Crippen LogP contribution in [0.25, 0.3) is 0 Å². The van der Waals surface area contributed by atoms with E-state index in [1.807, 2.05) is 23.9 Å². The van der Waals surface area contributed by atoms with Gasteiger partial charge in [0.1, 0.15) is 0 Å². The first-order valence-corrected chi connectivity index (χ1v) is 4.40. The van der Waals surface area contributed by atoms with Gasteiger partial charge in [0, 0.05) is 31.6 Å². The number of hydrogen-bond donors (Lipinski definition) is 0. The Bertz CT molecular complexity index is 220. The molecule has 0 N–H and O–H groups in total. The maximum absolute atomic E-state index is 5.23. The molecule has 0 aliphatic heterocycles. The highest BCUT2D eigenvalue weighted by molar-refractivity contribution is 4.96. The fourth-order valence-corrected chi connectivity index (χ4v) is 1.09. The third kappa shape index (κ3) is 2.66. The molecule has 0 saturated carbocycles. The molecule has 0 aliphatic carbocycles. The van der Waals surface area contributed by atoms with Crippen LogP contribution >= 0.6 is 0 Å². The van der Waals surface area contributed by atoms with Crippen molar-refractivity contribution >= 4 is 0 Å². The quantitative estimate of drug-likeness (QED) is 0.625. The second-order valence-corrected chi connectivity index (χ2v) is 2.75. The largest absolute Gasteiger partial charge is 0.382 e. The molecular formula is C9H16N2O. The summed E-state index contributed by atoms with van der Waals surface area (Å²) >= 11 is 0. The summed E-state index contributed by atoms with van der Waals surface area (Å²) < 4.78 is 7.23.